The summed E-state index contributed by atoms with van der Waals surface area (Å²) in [5.41, 5.74) is 14.2. The van der Waals surface area contributed by atoms with Gasteiger partial charge in [0.05, 0.1) is 155 Å². The second-order valence-electron chi connectivity index (χ2n) is 26.2. The van der Waals surface area contributed by atoms with Crippen molar-refractivity contribution in [3.05, 3.63) is 191 Å². The Labute approximate surface area is 508 Å². The minimum Gasteiger partial charge on any atom is -0.494 e. The Morgan fingerprint density at radius 1 is 0.329 bits per heavy atom. The number of fused-ring (bicyclic) bond motifs is 4. The van der Waals surface area contributed by atoms with Gasteiger partial charge >= 0.3 is 0 Å². The van der Waals surface area contributed by atoms with Crippen molar-refractivity contribution in [1.82, 2.24) is 0 Å². The van der Waals surface area contributed by atoms with Crippen molar-refractivity contribution in [3.63, 3.8) is 0 Å². The number of nitrogens with zero attached hydrogens (tertiary/aromatic N) is 7. The molecule has 446 valence electrons. The number of quaternary nitrogens is 3. The molecule has 0 aromatic heterocycles. The fourth-order valence-corrected chi connectivity index (χ4v) is 11.0. The average molecular weight is 1150 g/mol. The van der Waals surface area contributed by atoms with Crippen LogP contribution in [-0.2, 0) is 0 Å². The molecule has 0 N–H and O–H groups in total. The van der Waals surface area contributed by atoms with Crippen LogP contribution in [0.5, 0.6) is 23.0 Å². The van der Waals surface area contributed by atoms with E-state index in [0.717, 1.165) is 172 Å². The van der Waals surface area contributed by atoms with E-state index < -0.39 is 0 Å². The van der Waals surface area contributed by atoms with E-state index in [0.29, 0.717) is 26.4 Å². The molecule has 0 radical (unpaired) electrons. The van der Waals surface area contributed by atoms with E-state index in [1.807, 2.05) is 24.3 Å². The van der Waals surface area contributed by atoms with Crippen LogP contribution >= 0.6 is 0 Å². The minimum absolute atomic E-state index is 0.630. The first-order valence-electron chi connectivity index (χ1n) is 31.4. The predicted octanol–water partition coefficient (Wildman–Crippen LogP) is 15.4. The van der Waals surface area contributed by atoms with Crippen molar-refractivity contribution < 1.29 is 32.4 Å². The minimum atomic E-state index is 0.630. The number of rotatable bonds is 31. The molecule has 5 aliphatic heterocycles. The molecule has 0 amide bonds. The quantitative estimate of drug-likeness (QED) is 0.0371. The van der Waals surface area contributed by atoms with Crippen molar-refractivity contribution in [2.75, 3.05) is 109 Å². The number of hydrogen-bond donors (Lipinski definition) is 0. The van der Waals surface area contributed by atoms with Crippen LogP contribution in [0.2, 0.25) is 0 Å². The van der Waals surface area contributed by atoms with Gasteiger partial charge in [-0.15, -0.1) is 0 Å². The van der Waals surface area contributed by atoms with Crippen molar-refractivity contribution in [2.45, 2.75) is 90.4 Å². The first kappa shape index (κ1) is 62.1. The summed E-state index contributed by atoms with van der Waals surface area (Å²) in [5, 5.41) is 0. The number of aliphatic imine (C=N–C) groups is 4. The Morgan fingerprint density at radius 3 is 1.15 bits per heavy atom. The van der Waals surface area contributed by atoms with Crippen LogP contribution in [0.1, 0.15) is 113 Å². The standard InChI is InChI=1S/C74H94N7O4/c1-11-12-13-14-15-16-17-18-19-20-47-82-65-42-30-58(31-43-65)72-73-68(55-24-36-64(37-25-55)83-48-21-44-79(2,3)4)53-63(77-73)52-61-33-32-59(75-61)51-60-34-35-62(76-60)54-69-70(56-26-38-66(39-27-56)84-49-22-45-80(5,6)7)71(74(72)78-69)57-28-40-67(41-29-57)85-50-23-46-81(8,9)10/h24-43,51-54H,11-23,44-50H2,1-10H3/q+3. The summed E-state index contributed by atoms with van der Waals surface area (Å²) in [7, 11) is 19.9. The number of benzene rings is 4. The van der Waals surface area contributed by atoms with Crippen molar-refractivity contribution in [1.29, 1.82) is 0 Å². The van der Waals surface area contributed by atoms with E-state index in [2.05, 4.69) is 192 Å². The van der Waals surface area contributed by atoms with Gasteiger partial charge in [0, 0.05) is 41.6 Å². The van der Waals surface area contributed by atoms with Crippen LogP contribution in [0, 0.1) is 0 Å². The number of ether oxygens (including phenoxy) is 4. The van der Waals surface area contributed by atoms with Crippen LogP contribution in [0.15, 0.2) is 188 Å². The molecule has 11 nitrogen and oxygen atoms in total. The van der Waals surface area contributed by atoms with E-state index in [9.17, 15) is 0 Å². The summed E-state index contributed by atoms with van der Waals surface area (Å²) in [5.74, 6) is 3.32. The van der Waals surface area contributed by atoms with Gasteiger partial charge in [0.25, 0.3) is 0 Å². The van der Waals surface area contributed by atoms with Gasteiger partial charge in [-0.1, -0.05) is 113 Å². The Hall–Kier alpha value is -7.44. The van der Waals surface area contributed by atoms with Gasteiger partial charge in [-0.2, -0.15) is 0 Å². The van der Waals surface area contributed by atoms with E-state index in [1.54, 1.807) is 0 Å². The third-order valence-corrected chi connectivity index (χ3v) is 15.6. The number of allylic oxidation sites excluding steroid dienone is 12. The van der Waals surface area contributed by atoms with Crippen LogP contribution in [-0.4, -0.2) is 146 Å². The molecule has 85 heavy (non-hydrogen) atoms. The second-order valence-corrected chi connectivity index (χ2v) is 26.2. The Balaban J connectivity index is 1.18. The highest BCUT2D eigenvalue weighted by atomic mass is 16.5. The lowest BCUT2D eigenvalue weighted by Crippen LogP contribution is -2.36. The molecule has 0 unspecified atom stereocenters. The van der Waals surface area contributed by atoms with E-state index >= 15 is 0 Å². The molecule has 9 rings (SSSR count). The first-order valence-corrected chi connectivity index (χ1v) is 31.4. The lowest BCUT2D eigenvalue weighted by Gasteiger charge is -2.23. The molecule has 5 aliphatic rings. The van der Waals surface area contributed by atoms with Crippen LogP contribution in [0.4, 0.5) is 0 Å². The van der Waals surface area contributed by atoms with Crippen molar-refractivity contribution in [2.24, 2.45) is 20.0 Å². The summed E-state index contributed by atoms with van der Waals surface area (Å²) < 4.78 is 28.3. The van der Waals surface area contributed by atoms with Crippen LogP contribution < -0.4 is 18.9 Å². The molecule has 4 aromatic carbocycles. The number of unbranched alkanes of at least 4 members (excludes halogenated alkanes) is 9. The largest absolute Gasteiger partial charge is 0.494 e. The highest BCUT2D eigenvalue weighted by Gasteiger charge is 2.33. The molecule has 4 aromatic rings. The average Bonchev–Trinajstić information content (AvgIpc) is 1.79. The molecule has 0 aliphatic carbocycles. The van der Waals surface area contributed by atoms with Gasteiger partial charge in [-0.25, -0.2) is 20.0 Å². The third-order valence-electron chi connectivity index (χ3n) is 15.6. The predicted molar refractivity (Wildman–Crippen MR) is 356 cm³/mol. The summed E-state index contributed by atoms with van der Waals surface area (Å²) >= 11 is 0. The van der Waals surface area contributed by atoms with Crippen molar-refractivity contribution in [3.8, 4) is 23.0 Å². The Morgan fingerprint density at radius 2 is 0.706 bits per heavy atom. The molecular weight excluding hydrogens is 1050 g/mol. The lowest BCUT2D eigenvalue weighted by molar-refractivity contribution is -0.870. The van der Waals surface area contributed by atoms with E-state index in [-0.39, 0.29) is 0 Å². The molecular formula is C74H94N7O4+3. The zero-order chi connectivity index (χ0) is 59.8. The maximum Gasteiger partial charge on any atom is 0.119 e. The van der Waals surface area contributed by atoms with Gasteiger partial charge in [0.2, 0.25) is 0 Å². The zero-order valence-corrected chi connectivity index (χ0v) is 52.8. The van der Waals surface area contributed by atoms with Gasteiger partial charge in [0.15, 0.2) is 0 Å². The SMILES string of the molecule is CCCCCCCCCCCCOc1ccc(C2=C3N=C(C=C4C=CC(=N4)C=C4C=CC(=N4)C=C4C=C(c5ccc(OCCC[N+](C)(C)C)cc5)C2=N4)C(c2ccc(OCCC[N+](C)(C)C)cc2)=C3c2ccc(OCCC[N+](C)(C)C)cc2)cc1. The highest BCUT2D eigenvalue weighted by molar-refractivity contribution is 6.50. The Bertz CT molecular complexity index is 3340. The van der Waals surface area contributed by atoms with Crippen LogP contribution in [0.25, 0.3) is 22.3 Å². The molecule has 8 bridgehead atoms. The fraction of sp³-hybridized carbons (Fsp3) is 0.405. The molecule has 0 saturated carbocycles. The van der Waals surface area contributed by atoms with Gasteiger partial charge in [0.1, 0.15) is 23.0 Å². The first-order chi connectivity index (χ1) is 40.9. The molecule has 0 fully saturated rings. The monoisotopic (exact) mass is 1140 g/mol. The zero-order valence-electron chi connectivity index (χ0n) is 52.8. The molecule has 0 spiro atoms. The normalized spacial score (nSPS) is 15.8. The van der Waals surface area contributed by atoms with Gasteiger partial charge in [-0.05, 0) is 126 Å². The van der Waals surface area contributed by atoms with E-state index in [4.69, 9.17) is 38.9 Å². The molecule has 11 heteroatoms. The summed E-state index contributed by atoms with van der Waals surface area (Å²) in [6.45, 7) is 7.93. The summed E-state index contributed by atoms with van der Waals surface area (Å²) in [6, 6.07) is 34.2. The third kappa shape index (κ3) is 18.5. The second kappa shape index (κ2) is 29.1. The van der Waals surface area contributed by atoms with Gasteiger partial charge in [-0.3, -0.25) is 0 Å². The highest BCUT2D eigenvalue weighted by Crippen LogP contribution is 2.47. The van der Waals surface area contributed by atoms with Crippen molar-refractivity contribution >= 4 is 45.1 Å². The van der Waals surface area contributed by atoms with Crippen LogP contribution in [0.3, 0.4) is 0 Å². The van der Waals surface area contributed by atoms with Gasteiger partial charge < -0.3 is 32.4 Å². The topological polar surface area (TPSA) is 86.4 Å². The number of hydrogen-bond acceptors (Lipinski definition) is 8. The smallest absolute Gasteiger partial charge is 0.119 e. The van der Waals surface area contributed by atoms with E-state index in [1.165, 1.54) is 57.8 Å². The fourth-order valence-electron chi connectivity index (χ4n) is 11.0. The molecule has 0 atom stereocenters. The molecule has 5 heterocycles. The maximum absolute atomic E-state index is 6.50. The summed E-state index contributed by atoms with van der Waals surface area (Å²) in [6.07, 6.45) is 32.3. The lowest BCUT2D eigenvalue weighted by atomic mass is 9.86. The molecule has 0 saturated heterocycles. The Kier molecular flexibility index (Phi) is 21.3. The maximum atomic E-state index is 6.50. The summed E-state index contributed by atoms with van der Waals surface area (Å²) in [4.78, 5) is 21.7.